The minimum atomic E-state index is -0.463. The number of hydrogen-bond donors (Lipinski definition) is 0. The molecule has 0 unspecified atom stereocenters. The molecule has 0 aliphatic heterocycles. The van der Waals surface area contributed by atoms with Crippen LogP contribution in [0.1, 0.15) is 42.5 Å². The van der Waals surface area contributed by atoms with Gasteiger partial charge in [-0.15, -0.1) is 0 Å². The Labute approximate surface area is 154 Å². The molecule has 0 saturated heterocycles. The molecular weight excluding hydrogens is 326 g/mol. The predicted molar refractivity (Wildman–Crippen MR) is 102 cm³/mol. The van der Waals surface area contributed by atoms with Gasteiger partial charge in [-0.25, -0.2) is 4.79 Å². The highest BCUT2D eigenvalue weighted by molar-refractivity contribution is 5.91. The van der Waals surface area contributed by atoms with Gasteiger partial charge >= 0.3 is 5.97 Å². The first-order valence-corrected chi connectivity index (χ1v) is 9.23. The molecule has 2 aromatic rings. The number of carbonyl (C=O) groups is 2. The van der Waals surface area contributed by atoms with E-state index in [1.165, 1.54) is 6.42 Å². The summed E-state index contributed by atoms with van der Waals surface area (Å²) in [6, 6.07) is 17.5. The molecule has 136 valence electrons. The quantitative estimate of drug-likeness (QED) is 0.755. The lowest BCUT2D eigenvalue weighted by molar-refractivity contribution is -0.135. The topological polar surface area (TPSA) is 46.6 Å². The zero-order chi connectivity index (χ0) is 18.4. The zero-order valence-electron chi connectivity index (χ0n) is 15.2. The molecule has 1 saturated carbocycles. The number of benzene rings is 2. The van der Waals surface area contributed by atoms with Crippen molar-refractivity contribution in [2.24, 2.45) is 0 Å². The van der Waals surface area contributed by atoms with Gasteiger partial charge < -0.3 is 9.64 Å². The lowest BCUT2D eigenvalue weighted by atomic mass is 9.94. The largest absolute Gasteiger partial charge is 0.452 e. The summed E-state index contributed by atoms with van der Waals surface area (Å²) in [7, 11) is 1.81. The molecule has 1 aliphatic rings. The van der Waals surface area contributed by atoms with Gasteiger partial charge in [0, 0.05) is 13.1 Å². The first kappa shape index (κ1) is 18.2. The Morgan fingerprint density at radius 3 is 2.19 bits per heavy atom. The van der Waals surface area contributed by atoms with Crippen LogP contribution in [0.2, 0.25) is 0 Å². The Morgan fingerprint density at radius 2 is 1.54 bits per heavy atom. The second-order valence-electron chi connectivity index (χ2n) is 6.82. The average Bonchev–Trinajstić information content (AvgIpc) is 2.72. The van der Waals surface area contributed by atoms with Gasteiger partial charge in [0.2, 0.25) is 0 Å². The van der Waals surface area contributed by atoms with E-state index in [4.69, 9.17) is 4.74 Å². The van der Waals surface area contributed by atoms with Crippen LogP contribution in [0.5, 0.6) is 0 Å². The number of ether oxygens (including phenoxy) is 1. The van der Waals surface area contributed by atoms with Gasteiger partial charge in [0.1, 0.15) is 0 Å². The number of likely N-dealkylation sites (N-methyl/N-ethyl adjacent to an activating group) is 1. The average molecular weight is 351 g/mol. The van der Waals surface area contributed by atoms with Crippen molar-refractivity contribution in [3.63, 3.8) is 0 Å². The highest BCUT2D eigenvalue weighted by Gasteiger charge is 2.23. The molecule has 26 heavy (non-hydrogen) atoms. The zero-order valence-corrected chi connectivity index (χ0v) is 15.2. The van der Waals surface area contributed by atoms with Crippen molar-refractivity contribution in [3.05, 3.63) is 60.2 Å². The van der Waals surface area contributed by atoms with Crippen LogP contribution in [0.15, 0.2) is 54.6 Å². The van der Waals surface area contributed by atoms with Gasteiger partial charge in [0.15, 0.2) is 6.61 Å². The summed E-state index contributed by atoms with van der Waals surface area (Å²) in [5, 5.41) is 0. The molecule has 1 fully saturated rings. The third kappa shape index (κ3) is 4.51. The minimum Gasteiger partial charge on any atom is -0.452 e. The molecular formula is C22H25NO3. The van der Waals surface area contributed by atoms with Crippen LogP contribution < -0.4 is 0 Å². The van der Waals surface area contributed by atoms with Crippen LogP contribution in [-0.2, 0) is 9.53 Å². The fraction of sp³-hybridized carbons (Fsp3) is 0.364. The van der Waals surface area contributed by atoms with Crippen LogP contribution in [0.4, 0.5) is 0 Å². The summed E-state index contributed by atoms with van der Waals surface area (Å²) >= 11 is 0. The molecule has 0 heterocycles. The van der Waals surface area contributed by atoms with Gasteiger partial charge in [0.25, 0.3) is 5.91 Å². The second kappa shape index (κ2) is 8.65. The molecule has 3 rings (SSSR count). The Bertz CT molecular complexity index is 734. The van der Waals surface area contributed by atoms with Crippen LogP contribution in [0.25, 0.3) is 11.1 Å². The van der Waals surface area contributed by atoms with Gasteiger partial charge in [-0.3, -0.25) is 4.79 Å². The maximum atomic E-state index is 12.3. The fourth-order valence-corrected chi connectivity index (χ4v) is 3.41. The standard InChI is InChI=1S/C22H25NO3/c1-23(20-10-6-3-7-11-20)21(24)16-26-22(25)19-14-12-18(13-15-19)17-8-4-2-5-9-17/h2,4-5,8-9,12-15,20H,3,6-7,10-11,16H2,1H3. The van der Waals surface area contributed by atoms with E-state index in [1.54, 1.807) is 24.1 Å². The first-order chi connectivity index (χ1) is 12.6. The molecule has 4 nitrogen and oxygen atoms in total. The number of amides is 1. The lowest BCUT2D eigenvalue weighted by Crippen LogP contribution is -2.40. The summed E-state index contributed by atoms with van der Waals surface area (Å²) in [6.07, 6.45) is 5.65. The van der Waals surface area contributed by atoms with Crippen molar-refractivity contribution in [2.45, 2.75) is 38.1 Å². The van der Waals surface area contributed by atoms with E-state index in [9.17, 15) is 9.59 Å². The summed E-state index contributed by atoms with van der Waals surface area (Å²) in [5.41, 5.74) is 2.59. The molecule has 0 bridgehead atoms. The monoisotopic (exact) mass is 351 g/mol. The number of carbonyl (C=O) groups excluding carboxylic acids is 2. The van der Waals surface area contributed by atoms with E-state index in [2.05, 4.69) is 0 Å². The molecule has 2 aromatic carbocycles. The van der Waals surface area contributed by atoms with E-state index in [0.29, 0.717) is 5.56 Å². The highest BCUT2D eigenvalue weighted by atomic mass is 16.5. The molecule has 0 aromatic heterocycles. The maximum absolute atomic E-state index is 12.3. The van der Waals surface area contributed by atoms with E-state index in [-0.39, 0.29) is 18.6 Å². The minimum absolute atomic E-state index is 0.133. The van der Waals surface area contributed by atoms with Crippen molar-refractivity contribution in [1.82, 2.24) is 4.90 Å². The second-order valence-corrected chi connectivity index (χ2v) is 6.82. The summed E-state index contributed by atoms with van der Waals surface area (Å²) in [5.74, 6) is -0.596. The number of nitrogens with zero attached hydrogens (tertiary/aromatic N) is 1. The number of hydrogen-bond acceptors (Lipinski definition) is 3. The van der Waals surface area contributed by atoms with Crippen LogP contribution in [-0.4, -0.2) is 36.5 Å². The molecule has 4 heteroatoms. The van der Waals surface area contributed by atoms with Gasteiger partial charge in [-0.05, 0) is 36.1 Å². The van der Waals surface area contributed by atoms with Crippen molar-refractivity contribution in [2.75, 3.05) is 13.7 Å². The van der Waals surface area contributed by atoms with Gasteiger partial charge in [-0.1, -0.05) is 61.7 Å². The Morgan fingerprint density at radius 1 is 0.923 bits per heavy atom. The number of rotatable bonds is 5. The smallest absolute Gasteiger partial charge is 0.338 e. The predicted octanol–water partition coefficient (Wildman–Crippen LogP) is 4.30. The van der Waals surface area contributed by atoms with E-state index in [0.717, 1.165) is 36.8 Å². The normalized spacial score (nSPS) is 14.7. The van der Waals surface area contributed by atoms with Crippen LogP contribution in [0, 0.1) is 0 Å². The molecule has 1 amide bonds. The van der Waals surface area contributed by atoms with Gasteiger partial charge in [0.05, 0.1) is 5.56 Å². The molecule has 0 spiro atoms. The molecule has 0 atom stereocenters. The molecule has 1 aliphatic carbocycles. The summed E-state index contributed by atoms with van der Waals surface area (Å²) in [6.45, 7) is -0.202. The third-order valence-corrected chi connectivity index (χ3v) is 5.07. The van der Waals surface area contributed by atoms with Gasteiger partial charge in [-0.2, -0.15) is 0 Å². The van der Waals surface area contributed by atoms with E-state index >= 15 is 0 Å². The van der Waals surface area contributed by atoms with E-state index < -0.39 is 5.97 Å². The Balaban J connectivity index is 1.54. The van der Waals surface area contributed by atoms with Crippen LogP contribution >= 0.6 is 0 Å². The lowest BCUT2D eigenvalue weighted by Gasteiger charge is -2.31. The first-order valence-electron chi connectivity index (χ1n) is 9.23. The third-order valence-electron chi connectivity index (χ3n) is 5.07. The fourth-order valence-electron chi connectivity index (χ4n) is 3.41. The number of esters is 1. The van der Waals surface area contributed by atoms with Crippen LogP contribution in [0.3, 0.4) is 0 Å². The molecule has 0 radical (unpaired) electrons. The van der Waals surface area contributed by atoms with Crippen molar-refractivity contribution in [3.8, 4) is 11.1 Å². The van der Waals surface area contributed by atoms with Crippen molar-refractivity contribution < 1.29 is 14.3 Å². The van der Waals surface area contributed by atoms with Crippen molar-refractivity contribution >= 4 is 11.9 Å². The maximum Gasteiger partial charge on any atom is 0.338 e. The van der Waals surface area contributed by atoms with E-state index in [1.807, 2.05) is 42.5 Å². The van der Waals surface area contributed by atoms with Crippen molar-refractivity contribution in [1.29, 1.82) is 0 Å². The Hall–Kier alpha value is -2.62. The molecule has 0 N–H and O–H groups in total. The highest BCUT2D eigenvalue weighted by Crippen LogP contribution is 2.22. The Kier molecular flexibility index (Phi) is 6.05. The summed E-state index contributed by atoms with van der Waals surface area (Å²) in [4.78, 5) is 26.2. The summed E-state index contributed by atoms with van der Waals surface area (Å²) < 4.78 is 5.22. The SMILES string of the molecule is CN(C(=O)COC(=O)c1ccc(-c2ccccc2)cc1)C1CCCCC1.